The van der Waals surface area contributed by atoms with Gasteiger partial charge in [-0.1, -0.05) is 6.92 Å². The van der Waals surface area contributed by atoms with Gasteiger partial charge in [-0.25, -0.2) is 0 Å². The van der Waals surface area contributed by atoms with Gasteiger partial charge in [-0.2, -0.15) is 0 Å². The highest BCUT2D eigenvalue weighted by Crippen LogP contribution is 2.27. The highest BCUT2D eigenvalue weighted by Gasteiger charge is 2.31. The number of hydrogen-bond donors (Lipinski definition) is 2. The molecular formula is C11H23N3O. The van der Waals surface area contributed by atoms with E-state index in [2.05, 4.69) is 24.2 Å². The van der Waals surface area contributed by atoms with Crippen LogP contribution in [-0.2, 0) is 4.79 Å². The quantitative estimate of drug-likeness (QED) is 0.640. The maximum Gasteiger partial charge on any atom is 0.221 e. The fourth-order valence-electron chi connectivity index (χ4n) is 1.72. The lowest BCUT2D eigenvalue weighted by atomic mass is 10.1. The van der Waals surface area contributed by atoms with Crippen LogP contribution < -0.4 is 11.1 Å². The molecule has 0 saturated heterocycles. The molecule has 1 unspecified atom stereocenters. The Balaban J connectivity index is 2.28. The van der Waals surface area contributed by atoms with Crippen LogP contribution in [0.25, 0.3) is 0 Å². The van der Waals surface area contributed by atoms with Crippen LogP contribution >= 0.6 is 0 Å². The molecule has 4 nitrogen and oxygen atoms in total. The largest absolute Gasteiger partial charge is 0.356 e. The topological polar surface area (TPSA) is 58.4 Å². The van der Waals surface area contributed by atoms with Gasteiger partial charge in [0.1, 0.15) is 0 Å². The third-order valence-corrected chi connectivity index (χ3v) is 2.96. The molecule has 0 aromatic heterocycles. The summed E-state index contributed by atoms with van der Waals surface area (Å²) in [5, 5.41) is 2.89. The molecule has 0 spiro atoms. The molecule has 1 atom stereocenters. The Kier molecular flexibility index (Phi) is 5.05. The minimum absolute atomic E-state index is 0.125. The van der Waals surface area contributed by atoms with Crippen LogP contribution in [0.1, 0.15) is 32.6 Å². The number of rotatable bonds is 7. The van der Waals surface area contributed by atoms with Crippen molar-refractivity contribution in [2.45, 2.75) is 44.7 Å². The highest BCUT2D eigenvalue weighted by atomic mass is 16.1. The number of nitrogens with zero attached hydrogens (tertiary/aromatic N) is 1. The fraction of sp³-hybridized carbons (Fsp3) is 0.909. The SMILES string of the molecule is CCCNC(=O)CC(CN)N(C)C1CC1. The van der Waals surface area contributed by atoms with Crippen molar-refractivity contribution in [1.82, 2.24) is 10.2 Å². The van der Waals surface area contributed by atoms with Gasteiger partial charge in [0.15, 0.2) is 0 Å². The summed E-state index contributed by atoms with van der Waals surface area (Å²) in [5.74, 6) is 0.125. The van der Waals surface area contributed by atoms with Crippen LogP contribution in [0.4, 0.5) is 0 Å². The molecule has 1 aliphatic carbocycles. The summed E-state index contributed by atoms with van der Waals surface area (Å²) in [7, 11) is 2.07. The van der Waals surface area contributed by atoms with Gasteiger partial charge in [-0.15, -0.1) is 0 Å². The van der Waals surface area contributed by atoms with Crippen LogP contribution in [0.3, 0.4) is 0 Å². The van der Waals surface area contributed by atoms with Gasteiger partial charge in [-0.3, -0.25) is 9.69 Å². The summed E-state index contributed by atoms with van der Waals surface area (Å²) < 4.78 is 0. The van der Waals surface area contributed by atoms with Gasteiger partial charge in [0.25, 0.3) is 0 Å². The van der Waals surface area contributed by atoms with Crippen molar-refractivity contribution in [3.8, 4) is 0 Å². The normalized spacial score (nSPS) is 17.9. The zero-order valence-electron chi connectivity index (χ0n) is 9.83. The number of hydrogen-bond acceptors (Lipinski definition) is 3. The van der Waals surface area contributed by atoms with Gasteiger partial charge >= 0.3 is 0 Å². The smallest absolute Gasteiger partial charge is 0.221 e. The molecule has 1 saturated carbocycles. The second kappa shape index (κ2) is 6.08. The van der Waals surface area contributed by atoms with Gasteiger partial charge in [-0.05, 0) is 26.3 Å². The Hall–Kier alpha value is -0.610. The van der Waals surface area contributed by atoms with E-state index in [1.807, 2.05) is 0 Å². The summed E-state index contributed by atoms with van der Waals surface area (Å²) in [5.41, 5.74) is 5.69. The highest BCUT2D eigenvalue weighted by molar-refractivity contribution is 5.76. The molecule has 1 aliphatic rings. The molecule has 0 radical (unpaired) electrons. The van der Waals surface area contributed by atoms with E-state index in [4.69, 9.17) is 5.73 Å². The molecule has 88 valence electrons. The minimum Gasteiger partial charge on any atom is -0.356 e. The number of carbonyl (C=O) groups excluding carboxylic acids is 1. The van der Waals surface area contributed by atoms with Gasteiger partial charge < -0.3 is 11.1 Å². The Bertz CT molecular complexity index is 204. The summed E-state index contributed by atoms with van der Waals surface area (Å²) >= 11 is 0. The molecule has 0 aromatic carbocycles. The lowest BCUT2D eigenvalue weighted by Gasteiger charge is -2.26. The Labute approximate surface area is 92.2 Å². The second-order valence-corrected chi connectivity index (χ2v) is 4.34. The van der Waals surface area contributed by atoms with E-state index in [1.165, 1.54) is 12.8 Å². The van der Waals surface area contributed by atoms with Crippen molar-refractivity contribution in [3.05, 3.63) is 0 Å². The summed E-state index contributed by atoms with van der Waals surface area (Å²) in [6, 6.07) is 0.867. The van der Waals surface area contributed by atoms with Crippen molar-refractivity contribution in [2.24, 2.45) is 5.73 Å². The van der Waals surface area contributed by atoms with E-state index in [9.17, 15) is 4.79 Å². The molecule has 4 heteroatoms. The predicted octanol–water partition coefficient (Wildman–Crippen LogP) is 0.324. The molecule has 0 aromatic rings. The first-order valence-corrected chi connectivity index (χ1v) is 5.87. The lowest BCUT2D eigenvalue weighted by molar-refractivity contribution is -0.122. The van der Waals surface area contributed by atoms with E-state index in [0.717, 1.165) is 13.0 Å². The van der Waals surface area contributed by atoms with Crippen LogP contribution in [-0.4, -0.2) is 43.0 Å². The van der Waals surface area contributed by atoms with Gasteiger partial charge in [0.2, 0.25) is 5.91 Å². The Morgan fingerprint density at radius 1 is 1.60 bits per heavy atom. The van der Waals surface area contributed by atoms with Crippen molar-refractivity contribution in [1.29, 1.82) is 0 Å². The standard InChI is InChI=1S/C11H23N3O/c1-3-6-13-11(15)7-10(8-12)14(2)9-4-5-9/h9-10H,3-8,12H2,1-2H3,(H,13,15). The van der Waals surface area contributed by atoms with Crippen LogP contribution in [0.15, 0.2) is 0 Å². The maximum atomic E-state index is 11.5. The molecule has 3 N–H and O–H groups in total. The molecule has 1 fully saturated rings. The van der Waals surface area contributed by atoms with Crippen molar-refractivity contribution in [2.75, 3.05) is 20.1 Å². The second-order valence-electron chi connectivity index (χ2n) is 4.34. The Morgan fingerprint density at radius 3 is 2.73 bits per heavy atom. The summed E-state index contributed by atoms with van der Waals surface area (Å²) in [6.07, 6.45) is 4.02. The average Bonchev–Trinajstić information content (AvgIpc) is 3.05. The summed E-state index contributed by atoms with van der Waals surface area (Å²) in [6.45, 7) is 3.38. The monoisotopic (exact) mass is 213 g/mol. The van der Waals surface area contributed by atoms with E-state index in [0.29, 0.717) is 19.0 Å². The number of amides is 1. The molecule has 1 amide bonds. The average molecular weight is 213 g/mol. The lowest BCUT2D eigenvalue weighted by Crippen LogP contribution is -2.43. The minimum atomic E-state index is 0.125. The van der Waals surface area contributed by atoms with Crippen LogP contribution in [0.2, 0.25) is 0 Å². The van der Waals surface area contributed by atoms with E-state index in [-0.39, 0.29) is 11.9 Å². The number of nitrogens with two attached hydrogens (primary N) is 1. The number of carbonyl (C=O) groups is 1. The first-order chi connectivity index (χ1) is 7.19. The van der Waals surface area contributed by atoms with Crippen LogP contribution in [0, 0.1) is 0 Å². The van der Waals surface area contributed by atoms with Crippen molar-refractivity contribution >= 4 is 5.91 Å². The first kappa shape index (κ1) is 12.5. The number of likely N-dealkylation sites (N-methyl/N-ethyl adjacent to an activating group) is 1. The van der Waals surface area contributed by atoms with E-state index in [1.54, 1.807) is 0 Å². The predicted molar refractivity (Wildman–Crippen MR) is 61.5 cm³/mol. The van der Waals surface area contributed by atoms with E-state index < -0.39 is 0 Å². The molecule has 1 rings (SSSR count). The third-order valence-electron chi connectivity index (χ3n) is 2.96. The van der Waals surface area contributed by atoms with Crippen molar-refractivity contribution < 1.29 is 4.79 Å². The van der Waals surface area contributed by atoms with Gasteiger partial charge in [0.05, 0.1) is 0 Å². The zero-order chi connectivity index (χ0) is 11.3. The maximum absolute atomic E-state index is 11.5. The molecule has 15 heavy (non-hydrogen) atoms. The molecule has 0 aliphatic heterocycles. The third kappa shape index (κ3) is 4.18. The van der Waals surface area contributed by atoms with Crippen LogP contribution in [0.5, 0.6) is 0 Å². The zero-order valence-corrected chi connectivity index (χ0v) is 9.83. The fourth-order valence-corrected chi connectivity index (χ4v) is 1.72. The Morgan fingerprint density at radius 2 is 2.27 bits per heavy atom. The van der Waals surface area contributed by atoms with Crippen molar-refractivity contribution in [3.63, 3.8) is 0 Å². The molecule has 0 heterocycles. The van der Waals surface area contributed by atoms with Gasteiger partial charge in [0, 0.05) is 31.6 Å². The van der Waals surface area contributed by atoms with E-state index >= 15 is 0 Å². The summed E-state index contributed by atoms with van der Waals surface area (Å²) in [4.78, 5) is 13.8. The molecule has 0 bridgehead atoms. The first-order valence-electron chi connectivity index (χ1n) is 5.87. The number of nitrogens with one attached hydrogen (secondary N) is 1. The molecular weight excluding hydrogens is 190 g/mol.